The summed E-state index contributed by atoms with van der Waals surface area (Å²) in [6.45, 7) is 1.89. The monoisotopic (exact) mass is 346 g/mol. The summed E-state index contributed by atoms with van der Waals surface area (Å²) in [5.41, 5.74) is 5.56. The number of aryl methyl sites for hydroxylation is 1. The molecule has 2 N–H and O–H groups in total. The minimum Gasteiger partial charge on any atom is -0.454 e. The SMILES string of the molecule is Cc1ccc(Oc2cc(C(F)(F)F)ncc2N)c(Br)c1. The number of nitrogen functional groups attached to an aromatic ring is 1. The van der Waals surface area contributed by atoms with Crippen molar-refractivity contribution in [2.24, 2.45) is 0 Å². The number of benzene rings is 1. The van der Waals surface area contributed by atoms with E-state index >= 15 is 0 Å². The minimum atomic E-state index is -4.55. The quantitative estimate of drug-likeness (QED) is 0.867. The lowest BCUT2D eigenvalue weighted by atomic mass is 10.2. The highest BCUT2D eigenvalue weighted by Gasteiger charge is 2.33. The van der Waals surface area contributed by atoms with Gasteiger partial charge in [0.1, 0.15) is 11.4 Å². The van der Waals surface area contributed by atoms with E-state index in [9.17, 15) is 13.2 Å². The van der Waals surface area contributed by atoms with Gasteiger partial charge in [0.05, 0.1) is 16.4 Å². The molecule has 0 aliphatic rings. The first kappa shape index (κ1) is 14.6. The van der Waals surface area contributed by atoms with Gasteiger partial charge in [0.15, 0.2) is 5.75 Å². The molecule has 1 aromatic heterocycles. The molecule has 7 heteroatoms. The summed E-state index contributed by atoms with van der Waals surface area (Å²) in [5.74, 6) is 0.290. The molecular formula is C13H10BrF3N2O. The van der Waals surface area contributed by atoms with E-state index < -0.39 is 11.9 Å². The number of anilines is 1. The van der Waals surface area contributed by atoms with Gasteiger partial charge in [0, 0.05) is 6.07 Å². The molecule has 1 heterocycles. The van der Waals surface area contributed by atoms with Gasteiger partial charge in [-0.3, -0.25) is 0 Å². The molecule has 20 heavy (non-hydrogen) atoms. The normalized spacial score (nSPS) is 11.4. The lowest BCUT2D eigenvalue weighted by molar-refractivity contribution is -0.141. The summed E-state index contributed by atoms with van der Waals surface area (Å²) in [7, 11) is 0. The van der Waals surface area contributed by atoms with Crippen LogP contribution in [-0.4, -0.2) is 4.98 Å². The van der Waals surface area contributed by atoms with Crippen molar-refractivity contribution in [3.63, 3.8) is 0 Å². The van der Waals surface area contributed by atoms with E-state index in [0.717, 1.165) is 17.8 Å². The van der Waals surface area contributed by atoms with Crippen LogP contribution in [0.1, 0.15) is 11.3 Å². The number of alkyl halides is 3. The highest BCUT2D eigenvalue weighted by molar-refractivity contribution is 9.10. The fourth-order valence-electron chi connectivity index (χ4n) is 1.50. The minimum absolute atomic E-state index is 0.0328. The van der Waals surface area contributed by atoms with Crippen molar-refractivity contribution in [3.8, 4) is 11.5 Å². The van der Waals surface area contributed by atoms with Gasteiger partial charge >= 0.3 is 6.18 Å². The molecule has 3 nitrogen and oxygen atoms in total. The number of ether oxygens (including phenoxy) is 1. The van der Waals surface area contributed by atoms with Gasteiger partial charge in [-0.2, -0.15) is 13.2 Å². The Morgan fingerprint density at radius 1 is 1.20 bits per heavy atom. The average Bonchev–Trinajstić information content (AvgIpc) is 2.33. The number of hydrogen-bond donors (Lipinski definition) is 1. The van der Waals surface area contributed by atoms with Gasteiger partial charge in [-0.05, 0) is 40.5 Å². The third kappa shape index (κ3) is 3.22. The zero-order valence-electron chi connectivity index (χ0n) is 10.3. The Balaban J connectivity index is 2.38. The van der Waals surface area contributed by atoms with E-state index in [2.05, 4.69) is 20.9 Å². The first-order valence-electron chi connectivity index (χ1n) is 5.54. The topological polar surface area (TPSA) is 48.1 Å². The van der Waals surface area contributed by atoms with E-state index in [1.807, 2.05) is 6.92 Å². The number of halogens is 4. The molecule has 0 aliphatic carbocycles. The number of nitrogens with zero attached hydrogens (tertiary/aromatic N) is 1. The molecule has 0 atom stereocenters. The summed E-state index contributed by atoms with van der Waals surface area (Å²) in [6, 6.07) is 5.99. The average molecular weight is 347 g/mol. The van der Waals surface area contributed by atoms with Crippen LogP contribution in [-0.2, 0) is 6.18 Å². The lowest BCUT2D eigenvalue weighted by Crippen LogP contribution is -2.08. The summed E-state index contributed by atoms with van der Waals surface area (Å²) in [5, 5.41) is 0. The van der Waals surface area contributed by atoms with Crippen LogP contribution in [0.15, 0.2) is 34.9 Å². The van der Waals surface area contributed by atoms with Crippen molar-refractivity contribution in [3.05, 3.63) is 46.2 Å². The molecule has 2 aromatic rings. The van der Waals surface area contributed by atoms with Gasteiger partial charge in [0.2, 0.25) is 0 Å². The molecule has 106 valence electrons. The first-order valence-corrected chi connectivity index (χ1v) is 6.33. The predicted octanol–water partition coefficient (Wildman–Crippen LogP) is 4.55. The molecule has 0 unspecified atom stereocenters. The van der Waals surface area contributed by atoms with Crippen molar-refractivity contribution in [2.45, 2.75) is 13.1 Å². The van der Waals surface area contributed by atoms with Gasteiger partial charge in [-0.25, -0.2) is 4.98 Å². The van der Waals surface area contributed by atoms with E-state index in [4.69, 9.17) is 10.5 Å². The molecule has 0 aliphatic heterocycles. The highest BCUT2D eigenvalue weighted by Crippen LogP contribution is 2.36. The molecule has 0 bridgehead atoms. The van der Waals surface area contributed by atoms with Crippen LogP contribution in [0.3, 0.4) is 0 Å². The van der Waals surface area contributed by atoms with Gasteiger partial charge in [0.25, 0.3) is 0 Å². The number of pyridine rings is 1. The van der Waals surface area contributed by atoms with Gasteiger partial charge in [-0.15, -0.1) is 0 Å². The molecule has 0 saturated carbocycles. The standard InChI is InChI=1S/C13H10BrF3N2O/c1-7-2-3-10(8(14)4-7)20-11-5-12(13(15,16)17)19-6-9(11)18/h2-6H,18H2,1H3. The molecule has 0 radical (unpaired) electrons. The van der Waals surface area contributed by atoms with Gasteiger partial charge in [-0.1, -0.05) is 6.07 Å². The smallest absolute Gasteiger partial charge is 0.433 e. The first-order chi connectivity index (χ1) is 9.27. The van der Waals surface area contributed by atoms with E-state index in [1.54, 1.807) is 18.2 Å². The summed E-state index contributed by atoms with van der Waals surface area (Å²) >= 11 is 3.28. The fraction of sp³-hybridized carbons (Fsp3) is 0.154. The van der Waals surface area contributed by atoms with E-state index in [-0.39, 0.29) is 11.4 Å². The van der Waals surface area contributed by atoms with Crippen LogP contribution < -0.4 is 10.5 Å². The van der Waals surface area contributed by atoms with Crippen LogP contribution in [0.25, 0.3) is 0 Å². The maximum atomic E-state index is 12.6. The highest BCUT2D eigenvalue weighted by atomic mass is 79.9. The third-order valence-electron chi connectivity index (χ3n) is 2.49. The summed E-state index contributed by atoms with van der Waals surface area (Å²) in [4.78, 5) is 3.25. The third-order valence-corrected chi connectivity index (χ3v) is 3.11. The van der Waals surface area contributed by atoms with Crippen molar-refractivity contribution in [1.29, 1.82) is 0 Å². The maximum Gasteiger partial charge on any atom is 0.433 e. The van der Waals surface area contributed by atoms with Crippen LogP contribution in [0.4, 0.5) is 18.9 Å². The zero-order valence-corrected chi connectivity index (χ0v) is 11.9. The zero-order chi connectivity index (χ0) is 14.9. The van der Waals surface area contributed by atoms with Gasteiger partial charge < -0.3 is 10.5 Å². The lowest BCUT2D eigenvalue weighted by Gasteiger charge is -2.12. The van der Waals surface area contributed by atoms with Crippen LogP contribution in [0.2, 0.25) is 0 Å². The number of rotatable bonds is 2. The molecule has 0 fully saturated rings. The molecule has 2 rings (SSSR count). The Morgan fingerprint density at radius 3 is 2.50 bits per heavy atom. The molecule has 1 aromatic carbocycles. The Labute approximate surface area is 121 Å². The Morgan fingerprint density at radius 2 is 1.90 bits per heavy atom. The van der Waals surface area contributed by atoms with Crippen molar-refractivity contribution in [2.75, 3.05) is 5.73 Å². The number of nitrogens with two attached hydrogens (primary N) is 1. The van der Waals surface area contributed by atoms with Crippen LogP contribution in [0, 0.1) is 6.92 Å². The van der Waals surface area contributed by atoms with Crippen molar-refractivity contribution >= 4 is 21.6 Å². The Kier molecular flexibility index (Phi) is 3.89. The number of hydrogen-bond acceptors (Lipinski definition) is 3. The largest absolute Gasteiger partial charge is 0.454 e. The van der Waals surface area contributed by atoms with Crippen molar-refractivity contribution < 1.29 is 17.9 Å². The second-order valence-electron chi connectivity index (χ2n) is 4.14. The molecule has 0 amide bonds. The summed E-state index contributed by atoms with van der Waals surface area (Å²) < 4.78 is 43.9. The van der Waals surface area contributed by atoms with E-state index in [1.165, 1.54) is 0 Å². The maximum absolute atomic E-state index is 12.6. The fourth-order valence-corrected chi connectivity index (χ4v) is 2.07. The van der Waals surface area contributed by atoms with Crippen LogP contribution in [0.5, 0.6) is 11.5 Å². The molecule has 0 spiro atoms. The molecule has 0 saturated heterocycles. The predicted molar refractivity (Wildman–Crippen MR) is 72.6 cm³/mol. The second-order valence-corrected chi connectivity index (χ2v) is 5.00. The van der Waals surface area contributed by atoms with Crippen molar-refractivity contribution in [1.82, 2.24) is 4.98 Å². The van der Waals surface area contributed by atoms with E-state index in [0.29, 0.717) is 10.2 Å². The molecular weight excluding hydrogens is 337 g/mol. The second kappa shape index (κ2) is 5.32. The Hall–Kier alpha value is -1.76. The number of aromatic nitrogens is 1. The summed E-state index contributed by atoms with van der Waals surface area (Å²) in [6.07, 6.45) is -3.61. The Bertz CT molecular complexity index is 644. The van der Waals surface area contributed by atoms with Crippen LogP contribution >= 0.6 is 15.9 Å².